The van der Waals surface area contributed by atoms with Gasteiger partial charge >= 0.3 is 6.09 Å². The molecule has 1 rings (SSSR count). The number of ether oxygens (including phenoxy) is 1. The van der Waals surface area contributed by atoms with Crippen molar-refractivity contribution in [1.82, 2.24) is 5.32 Å². The number of hydrogen-bond donors (Lipinski definition) is 2. The predicted octanol–water partition coefficient (Wildman–Crippen LogP) is 1.42. The van der Waals surface area contributed by atoms with Gasteiger partial charge in [0.15, 0.2) is 0 Å². The fourth-order valence-corrected chi connectivity index (χ4v) is 2.75. The molecule has 0 heterocycles. The van der Waals surface area contributed by atoms with Crippen LogP contribution in [0.4, 0.5) is 4.79 Å². The lowest BCUT2D eigenvalue weighted by Gasteiger charge is -2.16. The minimum atomic E-state index is -1.20. The van der Waals surface area contributed by atoms with Crippen LogP contribution in [0.1, 0.15) is 5.56 Å². The summed E-state index contributed by atoms with van der Waals surface area (Å²) in [6.07, 6.45) is -0.726. The van der Waals surface area contributed by atoms with Crippen LogP contribution in [0.3, 0.4) is 0 Å². The molecule has 0 unspecified atom stereocenters. The average molecular weight is 266 g/mol. The van der Waals surface area contributed by atoms with Gasteiger partial charge in [0.05, 0.1) is 8.07 Å². The number of amides is 1. The first-order valence-electron chi connectivity index (χ1n) is 6.12. The van der Waals surface area contributed by atoms with Crippen LogP contribution in [-0.4, -0.2) is 27.3 Å². The number of nitrogens with two attached hydrogens (primary N) is 1. The lowest BCUT2D eigenvalue weighted by molar-refractivity contribution is 0.157. The highest BCUT2D eigenvalue weighted by atomic mass is 28.3. The van der Waals surface area contributed by atoms with Gasteiger partial charge in [-0.15, -0.1) is 0 Å². The maximum absolute atomic E-state index is 10.3. The molecule has 18 heavy (non-hydrogen) atoms. The Labute approximate surface area is 110 Å². The number of rotatable bonds is 6. The molecule has 0 fully saturated rings. The molecule has 0 aliphatic carbocycles. The molecular weight excluding hydrogens is 244 g/mol. The lowest BCUT2D eigenvalue weighted by atomic mass is 10.2. The van der Waals surface area contributed by atoms with E-state index in [0.29, 0.717) is 13.2 Å². The Morgan fingerprint density at radius 1 is 1.28 bits per heavy atom. The maximum atomic E-state index is 10.3. The van der Waals surface area contributed by atoms with Crippen molar-refractivity contribution in [2.75, 3.05) is 13.2 Å². The zero-order valence-electron chi connectivity index (χ0n) is 11.3. The Kier molecular flexibility index (Phi) is 5.37. The van der Waals surface area contributed by atoms with E-state index in [1.165, 1.54) is 10.8 Å². The molecule has 1 amide bonds. The van der Waals surface area contributed by atoms with Crippen LogP contribution in [0.25, 0.3) is 0 Å². The van der Waals surface area contributed by atoms with E-state index in [1.807, 2.05) is 0 Å². The monoisotopic (exact) mass is 266 g/mol. The summed E-state index contributed by atoms with van der Waals surface area (Å²) in [7, 11) is -1.20. The van der Waals surface area contributed by atoms with E-state index in [-0.39, 0.29) is 0 Å². The van der Waals surface area contributed by atoms with Crippen molar-refractivity contribution >= 4 is 19.4 Å². The van der Waals surface area contributed by atoms with Crippen LogP contribution in [0.15, 0.2) is 24.3 Å². The number of nitrogens with one attached hydrogen (secondary N) is 1. The fourth-order valence-electron chi connectivity index (χ4n) is 1.58. The minimum Gasteiger partial charge on any atom is -0.448 e. The summed E-state index contributed by atoms with van der Waals surface area (Å²) in [5, 5.41) is 4.66. The molecule has 4 nitrogen and oxygen atoms in total. The van der Waals surface area contributed by atoms with E-state index in [9.17, 15) is 4.79 Å². The minimum absolute atomic E-state index is 0.308. The predicted molar refractivity (Wildman–Crippen MR) is 76.7 cm³/mol. The first-order valence-corrected chi connectivity index (χ1v) is 9.62. The number of carbonyl (C=O) groups excluding carboxylic acids is 1. The van der Waals surface area contributed by atoms with Gasteiger partial charge in [-0.1, -0.05) is 49.1 Å². The van der Waals surface area contributed by atoms with Gasteiger partial charge in [-0.3, -0.25) is 0 Å². The van der Waals surface area contributed by atoms with E-state index >= 15 is 0 Å². The largest absolute Gasteiger partial charge is 0.448 e. The second kappa shape index (κ2) is 6.56. The molecule has 1 aromatic rings. The van der Waals surface area contributed by atoms with Gasteiger partial charge in [0, 0.05) is 13.1 Å². The second-order valence-corrected chi connectivity index (χ2v) is 10.4. The average Bonchev–Trinajstić information content (AvgIpc) is 2.27. The third-order valence-corrected chi connectivity index (χ3v) is 4.74. The molecule has 100 valence electrons. The third-order valence-electron chi connectivity index (χ3n) is 2.67. The van der Waals surface area contributed by atoms with Crippen LogP contribution >= 0.6 is 0 Å². The molecule has 0 aromatic heterocycles. The number of hydrogen-bond acceptors (Lipinski definition) is 3. The fraction of sp³-hybridized carbons (Fsp3) is 0.462. The molecular formula is C13H22N2O2Si. The number of benzene rings is 1. The summed E-state index contributed by atoms with van der Waals surface area (Å²) in [6, 6.07) is 8.72. The summed E-state index contributed by atoms with van der Waals surface area (Å²) >= 11 is 0. The van der Waals surface area contributed by atoms with Gasteiger partial charge in [-0.2, -0.15) is 0 Å². The maximum Gasteiger partial charge on any atom is 0.404 e. The molecule has 0 atom stereocenters. The third kappa shape index (κ3) is 5.33. The summed E-state index contributed by atoms with van der Waals surface area (Å²) < 4.78 is 4.63. The number of primary amides is 1. The van der Waals surface area contributed by atoms with Crippen molar-refractivity contribution in [2.24, 2.45) is 5.73 Å². The van der Waals surface area contributed by atoms with Crippen LogP contribution in [0, 0.1) is 0 Å². The van der Waals surface area contributed by atoms with Crippen molar-refractivity contribution in [2.45, 2.75) is 26.2 Å². The highest BCUT2D eigenvalue weighted by Gasteiger charge is 2.15. The summed E-state index contributed by atoms with van der Waals surface area (Å²) in [6.45, 7) is 8.69. The van der Waals surface area contributed by atoms with Crippen LogP contribution in [0.2, 0.25) is 19.6 Å². The van der Waals surface area contributed by atoms with Crippen molar-refractivity contribution in [3.8, 4) is 0 Å². The Hall–Kier alpha value is -1.33. The summed E-state index contributed by atoms with van der Waals surface area (Å²) in [5.74, 6) is 0. The SMILES string of the molecule is C[Si](C)(C)c1ccc(CNCCOC(N)=O)cc1. The van der Waals surface area contributed by atoms with Gasteiger partial charge < -0.3 is 15.8 Å². The highest BCUT2D eigenvalue weighted by molar-refractivity contribution is 6.88. The Balaban J connectivity index is 2.33. The number of carbonyl (C=O) groups is 1. The standard InChI is InChI=1S/C13H22N2O2Si/c1-18(2,3)12-6-4-11(5-7-12)10-15-8-9-17-13(14)16/h4-7,15H,8-10H2,1-3H3,(H2,14,16). The zero-order chi connectivity index (χ0) is 13.6. The first kappa shape index (κ1) is 14.7. The van der Waals surface area contributed by atoms with Crippen LogP contribution in [-0.2, 0) is 11.3 Å². The molecule has 0 aliphatic heterocycles. The van der Waals surface area contributed by atoms with Gasteiger partial charge in [0.2, 0.25) is 0 Å². The topological polar surface area (TPSA) is 64.3 Å². The molecule has 0 saturated heterocycles. The van der Waals surface area contributed by atoms with Gasteiger partial charge in [-0.25, -0.2) is 4.79 Å². The van der Waals surface area contributed by atoms with Gasteiger partial charge in [-0.05, 0) is 5.56 Å². The van der Waals surface area contributed by atoms with Crippen molar-refractivity contribution in [3.05, 3.63) is 29.8 Å². The molecule has 0 spiro atoms. The Morgan fingerprint density at radius 3 is 2.39 bits per heavy atom. The second-order valence-electron chi connectivity index (χ2n) is 5.29. The summed E-state index contributed by atoms with van der Waals surface area (Å²) in [5.41, 5.74) is 6.09. The molecule has 0 saturated carbocycles. The quantitative estimate of drug-likeness (QED) is 0.604. The van der Waals surface area contributed by atoms with Crippen LogP contribution < -0.4 is 16.2 Å². The van der Waals surface area contributed by atoms with E-state index in [1.54, 1.807) is 0 Å². The van der Waals surface area contributed by atoms with Crippen LogP contribution in [0.5, 0.6) is 0 Å². The van der Waals surface area contributed by atoms with E-state index in [0.717, 1.165) is 6.54 Å². The van der Waals surface area contributed by atoms with Crippen molar-refractivity contribution in [1.29, 1.82) is 0 Å². The molecule has 5 heteroatoms. The molecule has 0 radical (unpaired) electrons. The Morgan fingerprint density at radius 2 is 1.89 bits per heavy atom. The molecule has 1 aromatic carbocycles. The van der Waals surface area contributed by atoms with E-state index in [2.05, 4.69) is 54.0 Å². The normalized spacial score (nSPS) is 11.3. The van der Waals surface area contributed by atoms with Gasteiger partial charge in [0.1, 0.15) is 6.61 Å². The van der Waals surface area contributed by atoms with Crippen molar-refractivity contribution in [3.63, 3.8) is 0 Å². The highest BCUT2D eigenvalue weighted by Crippen LogP contribution is 2.04. The van der Waals surface area contributed by atoms with E-state index in [4.69, 9.17) is 5.73 Å². The molecule has 3 N–H and O–H groups in total. The Bertz CT molecular complexity index is 385. The summed E-state index contributed by atoms with van der Waals surface area (Å²) in [4.78, 5) is 10.3. The smallest absolute Gasteiger partial charge is 0.404 e. The van der Waals surface area contributed by atoms with Crippen molar-refractivity contribution < 1.29 is 9.53 Å². The molecule has 0 aliphatic rings. The van der Waals surface area contributed by atoms with Gasteiger partial charge in [0.25, 0.3) is 0 Å². The lowest BCUT2D eigenvalue weighted by Crippen LogP contribution is -2.37. The zero-order valence-corrected chi connectivity index (χ0v) is 12.3. The molecule has 0 bridgehead atoms. The first-order chi connectivity index (χ1) is 8.39. The van der Waals surface area contributed by atoms with E-state index < -0.39 is 14.2 Å².